The summed E-state index contributed by atoms with van der Waals surface area (Å²) in [6, 6.07) is 22.7. The Hall–Kier alpha value is -2.94. The number of para-hydroxylation sites is 3. The van der Waals surface area contributed by atoms with Crippen LogP contribution >= 0.6 is 0 Å². The van der Waals surface area contributed by atoms with E-state index >= 15 is 0 Å². The Morgan fingerprint density at radius 2 is 1.43 bits per heavy atom. The van der Waals surface area contributed by atoms with Crippen LogP contribution in [0.15, 0.2) is 66.7 Å². The Kier molecular flexibility index (Phi) is 1.95. The minimum absolute atomic E-state index is 0.917. The lowest BCUT2D eigenvalue weighted by Gasteiger charge is -2.03. The van der Waals surface area contributed by atoms with Crippen LogP contribution in [-0.4, -0.2) is 14.4 Å². The quantitative estimate of drug-likeness (QED) is 0.422. The van der Waals surface area contributed by atoms with Crippen LogP contribution < -0.4 is 0 Å². The van der Waals surface area contributed by atoms with Gasteiger partial charge in [0.1, 0.15) is 5.52 Å². The summed E-state index contributed by atoms with van der Waals surface area (Å²) >= 11 is 0. The third-order valence-electron chi connectivity index (χ3n) is 3.94. The molecule has 0 fully saturated rings. The van der Waals surface area contributed by atoms with E-state index in [2.05, 4.69) is 46.9 Å². The molecule has 3 heterocycles. The Morgan fingerprint density at radius 3 is 2.33 bits per heavy atom. The zero-order chi connectivity index (χ0) is 13.8. The van der Waals surface area contributed by atoms with E-state index in [4.69, 9.17) is 9.97 Å². The molecule has 0 aliphatic carbocycles. The third kappa shape index (κ3) is 1.43. The van der Waals surface area contributed by atoms with Crippen molar-refractivity contribution in [3.05, 3.63) is 66.7 Å². The van der Waals surface area contributed by atoms with Gasteiger partial charge in [0.2, 0.25) is 0 Å². The van der Waals surface area contributed by atoms with Gasteiger partial charge in [-0.05, 0) is 35.7 Å². The monoisotopic (exact) mass is 269 g/mol. The molecular formula is C18H11N3. The van der Waals surface area contributed by atoms with Gasteiger partial charge in [0.05, 0.1) is 16.6 Å². The molecule has 0 radical (unpaired) electrons. The summed E-state index contributed by atoms with van der Waals surface area (Å²) in [6.45, 7) is 0. The maximum Gasteiger partial charge on any atom is 0.164 e. The molecule has 21 heavy (non-hydrogen) atoms. The Balaban J connectivity index is 2.08. The van der Waals surface area contributed by atoms with Crippen LogP contribution in [0, 0.1) is 0 Å². The van der Waals surface area contributed by atoms with Crippen molar-refractivity contribution in [2.75, 3.05) is 0 Å². The van der Waals surface area contributed by atoms with Gasteiger partial charge < -0.3 is 0 Å². The number of hydrogen-bond donors (Lipinski definition) is 0. The van der Waals surface area contributed by atoms with E-state index in [0.717, 1.165) is 33.2 Å². The van der Waals surface area contributed by atoms with E-state index in [1.807, 2.05) is 24.3 Å². The zero-order valence-electron chi connectivity index (χ0n) is 11.2. The molecule has 3 aromatic heterocycles. The van der Waals surface area contributed by atoms with Crippen molar-refractivity contribution in [1.29, 1.82) is 0 Å². The van der Waals surface area contributed by atoms with Gasteiger partial charge in [0.15, 0.2) is 5.65 Å². The first-order valence-corrected chi connectivity index (χ1v) is 6.96. The van der Waals surface area contributed by atoms with Gasteiger partial charge in [-0.25, -0.2) is 9.97 Å². The number of fused-ring (bicyclic) bond motifs is 6. The van der Waals surface area contributed by atoms with E-state index in [1.165, 1.54) is 5.39 Å². The number of nitrogens with zero attached hydrogens (tertiary/aromatic N) is 3. The van der Waals surface area contributed by atoms with Gasteiger partial charge in [-0.1, -0.05) is 36.4 Å². The smallest absolute Gasteiger partial charge is 0.164 e. The predicted octanol–water partition coefficient (Wildman–Crippen LogP) is 4.19. The first kappa shape index (κ1) is 10.8. The molecule has 0 N–H and O–H groups in total. The average Bonchev–Trinajstić information content (AvgIpc) is 2.90. The zero-order valence-corrected chi connectivity index (χ0v) is 11.2. The molecule has 0 saturated carbocycles. The number of benzene rings is 2. The topological polar surface area (TPSA) is 30.2 Å². The van der Waals surface area contributed by atoms with Gasteiger partial charge in [-0.2, -0.15) is 0 Å². The summed E-state index contributed by atoms with van der Waals surface area (Å²) in [7, 11) is 0. The minimum atomic E-state index is 0.917. The minimum Gasteiger partial charge on any atom is -0.293 e. The van der Waals surface area contributed by atoms with E-state index in [9.17, 15) is 0 Å². The largest absolute Gasteiger partial charge is 0.293 e. The predicted molar refractivity (Wildman–Crippen MR) is 85.5 cm³/mol. The van der Waals surface area contributed by atoms with Crippen molar-refractivity contribution in [3.8, 4) is 0 Å². The molecule has 0 aliphatic rings. The highest BCUT2D eigenvalue weighted by Crippen LogP contribution is 2.25. The number of hydrogen-bond acceptors (Lipinski definition) is 2. The van der Waals surface area contributed by atoms with E-state index in [0.29, 0.717) is 0 Å². The lowest BCUT2D eigenvalue weighted by molar-refractivity contribution is 1.26. The van der Waals surface area contributed by atoms with E-state index in [-0.39, 0.29) is 0 Å². The van der Waals surface area contributed by atoms with Crippen LogP contribution in [-0.2, 0) is 0 Å². The van der Waals surface area contributed by atoms with E-state index in [1.54, 1.807) is 0 Å². The molecule has 5 aromatic rings. The molecule has 0 bridgehead atoms. The van der Waals surface area contributed by atoms with Gasteiger partial charge >= 0.3 is 0 Å². The van der Waals surface area contributed by atoms with Gasteiger partial charge in [-0.3, -0.25) is 4.40 Å². The SMILES string of the molecule is c1ccc2c(c1)ccc1cc3nc4ccccc4nc3n12. The Morgan fingerprint density at radius 1 is 0.667 bits per heavy atom. The fraction of sp³-hybridized carbons (Fsp3) is 0. The summed E-state index contributed by atoms with van der Waals surface area (Å²) in [5.74, 6) is 0. The fourth-order valence-corrected chi connectivity index (χ4v) is 2.98. The number of pyridine rings is 1. The second kappa shape index (κ2) is 3.79. The van der Waals surface area contributed by atoms with Crippen LogP contribution in [0.2, 0.25) is 0 Å². The van der Waals surface area contributed by atoms with E-state index < -0.39 is 0 Å². The van der Waals surface area contributed by atoms with Gasteiger partial charge in [0.25, 0.3) is 0 Å². The first-order valence-electron chi connectivity index (χ1n) is 6.96. The van der Waals surface area contributed by atoms with Crippen LogP contribution in [0.4, 0.5) is 0 Å². The van der Waals surface area contributed by atoms with Crippen molar-refractivity contribution >= 4 is 38.6 Å². The van der Waals surface area contributed by atoms with Gasteiger partial charge in [-0.15, -0.1) is 0 Å². The lowest BCUT2D eigenvalue weighted by Crippen LogP contribution is -1.91. The summed E-state index contributed by atoms with van der Waals surface area (Å²) < 4.78 is 2.18. The van der Waals surface area contributed by atoms with Crippen molar-refractivity contribution in [2.24, 2.45) is 0 Å². The summed E-state index contributed by atoms with van der Waals surface area (Å²) in [6.07, 6.45) is 0. The molecule has 0 unspecified atom stereocenters. The fourth-order valence-electron chi connectivity index (χ4n) is 2.98. The van der Waals surface area contributed by atoms with Gasteiger partial charge in [0, 0.05) is 5.52 Å². The molecule has 0 saturated heterocycles. The Labute approximate surface area is 120 Å². The number of aromatic nitrogens is 3. The molecule has 2 aromatic carbocycles. The van der Waals surface area contributed by atoms with Crippen molar-refractivity contribution in [2.45, 2.75) is 0 Å². The highest BCUT2D eigenvalue weighted by molar-refractivity contribution is 5.94. The molecule has 0 atom stereocenters. The first-order chi connectivity index (χ1) is 10.4. The molecule has 0 spiro atoms. The molecule has 98 valence electrons. The number of rotatable bonds is 0. The van der Waals surface area contributed by atoms with Crippen LogP contribution in [0.25, 0.3) is 38.6 Å². The summed E-state index contributed by atoms with van der Waals surface area (Å²) in [5.41, 5.74) is 6.00. The highest BCUT2D eigenvalue weighted by atomic mass is 15.0. The van der Waals surface area contributed by atoms with Crippen molar-refractivity contribution in [3.63, 3.8) is 0 Å². The van der Waals surface area contributed by atoms with Crippen molar-refractivity contribution < 1.29 is 0 Å². The maximum atomic E-state index is 4.82. The molecule has 0 amide bonds. The standard InChI is InChI=1S/C18H11N3/c1-4-8-17-12(5-1)9-10-13-11-16-18(21(13)17)20-15-7-3-2-6-14(15)19-16/h1-11H. The third-order valence-corrected chi connectivity index (χ3v) is 3.94. The van der Waals surface area contributed by atoms with Crippen LogP contribution in [0.3, 0.4) is 0 Å². The Bertz CT molecular complexity index is 1140. The van der Waals surface area contributed by atoms with Crippen LogP contribution in [0.1, 0.15) is 0 Å². The second-order valence-electron chi connectivity index (χ2n) is 5.22. The lowest BCUT2D eigenvalue weighted by atomic mass is 10.2. The second-order valence-corrected chi connectivity index (χ2v) is 5.22. The summed E-state index contributed by atoms with van der Waals surface area (Å²) in [5, 5.41) is 1.21. The molecule has 0 aliphatic heterocycles. The molecule has 3 heteroatoms. The average molecular weight is 269 g/mol. The molecule has 5 rings (SSSR count). The van der Waals surface area contributed by atoms with Crippen molar-refractivity contribution in [1.82, 2.24) is 14.4 Å². The van der Waals surface area contributed by atoms with Crippen LogP contribution in [0.5, 0.6) is 0 Å². The summed E-state index contributed by atoms with van der Waals surface area (Å²) in [4.78, 5) is 9.55. The molecular weight excluding hydrogens is 258 g/mol. The molecule has 3 nitrogen and oxygen atoms in total. The normalized spacial score (nSPS) is 11.8. The maximum absolute atomic E-state index is 4.82. The highest BCUT2D eigenvalue weighted by Gasteiger charge is 2.09.